The van der Waals surface area contributed by atoms with Crippen LogP contribution in [0.4, 0.5) is 0 Å². The first-order valence-electron chi connectivity index (χ1n) is 9.95. The standard InChI is InChI=1S/C26H21N2.CH3.2Pr/c1-16-12-13-23-22(14-16)21-11-7-10-20-17(2)18(3)27-15-24(19-8-5-4-6-9-19)28(23)26(27)25(20)21;;;/h4-7,10-15,17-18H,1-3H3;1H3;;/q2*-1;;. The van der Waals surface area contributed by atoms with Gasteiger partial charge in [-0.25, -0.2) is 28.3 Å². The maximum atomic E-state index is 3.39. The predicted octanol–water partition coefficient (Wildman–Crippen LogP) is 6.24. The Hall–Kier alpha value is -0.403. The molecule has 2 unspecified atom stereocenters. The van der Waals surface area contributed by atoms with E-state index in [9.17, 15) is 0 Å². The fraction of sp³-hybridized carbons (Fsp3) is 0.185. The van der Waals surface area contributed by atoms with E-state index in [0.717, 1.165) is 11.3 Å². The van der Waals surface area contributed by atoms with E-state index in [2.05, 4.69) is 84.5 Å². The summed E-state index contributed by atoms with van der Waals surface area (Å²) in [5.74, 6) is 0.464. The van der Waals surface area contributed by atoms with Crippen LogP contribution in [0.5, 0.6) is 0 Å². The largest absolute Gasteiger partial charge is 0.358 e. The summed E-state index contributed by atoms with van der Waals surface area (Å²) < 4.78 is 4.88. The van der Waals surface area contributed by atoms with Crippen LogP contribution in [-0.4, -0.2) is 4.40 Å². The van der Waals surface area contributed by atoms with Gasteiger partial charge in [0.2, 0.25) is 0 Å². The van der Waals surface area contributed by atoms with E-state index in [-0.39, 0.29) is 90.0 Å². The Bertz CT molecular complexity index is 1400. The zero-order valence-electron chi connectivity index (χ0n) is 18.5. The van der Waals surface area contributed by atoms with Crippen LogP contribution < -0.4 is 4.57 Å². The molecule has 0 fully saturated rings. The van der Waals surface area contributed by atoms with Gasteiger partial charge in [-0.3, -0.25) is 16.5 Å². The minimum Gasteiger partial charge on any atom is -0.358 e. The van der Waals surface area contributed by atoms with Gasteiger partial charge in [0, 0.05) is 105 Å². The molecule has 3 aromatic carbocycles. The molecule has 5 aromatic rings. The molecule has 4 heteroatoms. The minimum atomic E-state index is 0. The normalized spacial score (nSPS) is 16.7. The summed E-state index contributed by atoms with van der Waals surface area (Å²) in [6, 6.07) is 26.7. The van der Waals surface area contributed by atoms with Gasteiger partial charge in [-0.05, 0) is 31.5 Å². The number of pyridine rings is 1. The molecule has 0 aliphatic carbocycles. The average Bonchev–Trinajstić information content (AvgIpc) is 3.13. The Morgan fingerprint density at radius 3 is 2.42 bits per heavy atom. The van der Waals surface area contributed by atoms with Crippen molar-refractivity contribution in [2.24, 2.45) is 0 Å². The van der Waals surface area contributed by atoms with Crippen molar-refractivity contribution in [2.45, 2.75) is 32.7 Å². The van der Waals surface area contributed by atoms with Crippen molar-refractivity contribution >= 4 is 27.3 Å². The molecule has 0 bridgehead atoms. The molecule has 2 radical (unpaired) electrons. The van der Waals surface area contributed by atoms with Gasteiger partial charge in [-0.2, -0.15) is 0 Å². The molecule has 6 rings (SSSR count). The number of hydrogen-bond acceptors (Lipinski definition) is 0. The zero-order chi connectivity index (χ0) is 19.0. The van der Waals surface area contributed by atoms with Crippen LogP contribution in [0, 0.1) is 109 Å². The third-order valence-corrected chi connectivity index (χ3v) is 6.52. The molecule has 0 amide bonds. The fourth-order valence-electron chi connectivity index (χ4n) is 4.94. The number of fused-ring (bicyclic) bond motifs is 3. The monoisotopic (exact) mass is 658 g/mol. The van der Waals surface area contributed by atoms with E-state index < -0.39 is 0 Å². The van der Waals surface area contributed by atoms with Gasteiger partial charge >= 0.3 is 0 Å². The Kier molecular flexibility index (Phi) is 7.69. The van der Waals surface area contributed by atoms with Crippen molar-refractivity contribution < 1.29 is 87.2 Å². The van der Waals surface area contributed by atoms with Gasteiger partial charge in [-0.15, -0.1) is 0 Å². The smallest absolute Gasteiger partial charge is 0.277 e. The fourth-order valence-corrected chi connectivity index (χ4v) is 4.94. The molecule has 0 spiro atoms. The maximum Gasteiger partial charge on any atom is 0.277 e. The molecule has 2 nitrogen and oxygen atoms in total. The molecular formula is C27H24N2Pr2-2. The van der Waals surface area contributed by atoms with E-state index in [4.69, 9.17) is 0 Å². The van der Waals surface area contributed by atoms with E-state index in [1.54, 1.807) is 0 Å². The second-order valence-corrected chi connectivity index (χ2v) is 8.09. The van der Waals surface area contributed by atoms with Crippen LogP contribution in [0.15, 0.2) is 60.8 Å². The SMILES string of the molecule is Cc1ccc2c(c1)c1cccc3c1c1n2c(-c2[c-]ccc[c-]2)c[n+]1C(C)C3C.[CH3-].[Pr].[Pr]. The van der Waals surface area contributed by atoms with Crippen molar-refractivity contribution in [1.29, 1.82) is 0 Å². The van der Waals surface area contributed by atoms with Crippen molar-refractivity contribution in [3.63, 3.8) is 0 Å². The molecule has 3 heterocycles. The summed E-state index contributed by atoms with van der Waals surface area (Å²) in [6.45, 7) is 6.85. The number of rotatable bonds is 1. The van der Waals surface area contributed by atoms with Crippen LogP contribution >= 0.6 is 0 Å². The summed E-state index contributed by atoms with van der Waals surface area (Å²) >= 11 is 0. The van der Waals surface area contributed by atoms with Gasteiger partial charge in [0.15, 0.2) is 0 Å². The molecule has 2 atom stereocenters. The second kappa shape index (κ2) is 9.45. The van der Waals surface area contributed by atoms with Crippen LogP contribution in [0.1, 0.15) is 36.9 Å². The molecule has 0 saturated heterocycles. The molecule has 150 valence electrons. The van der Waals surface area contributed by atoms with Gasteiger partial charge in [0.05, 0.1) is 11.6 Å². The minimum absolute atomic E-state index is 0. The van der Waals surface area contributed by atoms with Crippen molar-refractivity contribution in [1.82, 2.24) is 4.40 Å². The second-order valence-electron chi connectivity index (χ2n) is 8.09. The van der Waals surface area contributed by atoms with Crippen molar-refractivity contribution in [3.8, 4) is 11.3 Å². The first kappa shape index (κ1) is 25.2. The van der Waals surface area contributed by atoms with E-state index in [1.165, 1.54) is 38.4 Å². The molecule has 1 aliphatic heterocycles. The topological polar surface area (TPSA) is 8.29 Å². The number of nitrogens with zero attached hydrogens (tertiary/aromatic N) is 2. The van der Waals surface area contributed by atoms with Gasteiger partial charge in [-0.1, -0.05) is 36.8 Å². The molecule has 0 saturated carbocycles. The van der Waals surface area contributed by atoms with Gasteiger partial charge in [0.1, 0.15) is 11.6 Å². The van der Waals surface area contributed by atoms with Gasteiger partial charge < -0.3 is 7.43 Å². The summed E-state index contributed by atoms with van der Waals surface area (Å²) in [6.07, 6.45) is 2.30. The zero-order valence-corrected chi connectivity index (χ0v) is 25.9. The van der Waals surface area contributed by atoms with E-state index in [0.29, 0.717) is 12.0 Å². The molecule has 1 aliphatic rings. The van der Waals surface area contributed by atoms with E-state index in [1.807, 2.05) is 18.2 Å². The summed E-state index contributed by atoms with van der Waals surface area (Å²) in [7, 11) is 0. The number of imidazole rings is 1. The third-order valence-electron chi connectivity index (χ3n) is 6.52. The first-order chi connectivity index (χ1) is 13.6. The Balaban J connectivity index is 0.000000907. The number of hydrogen-bond donors (Lipinski definition) is 0. The first-order valence-corrected chi connectivity index (χ1v) is 9.95. The number of aromatic nitrogens is 2. The van der Waals surface area contributed by atoms with Crippen LogP contribution in [0.3, 0.4) is 0 Å². The van der Waals surface area contributed by atoms with Gasteiger partial charge in [0.25, 0.3) is 5.65 Å². The predicted molar refractivity (Wildman–Crippen MR) is 120 cm³/mol. The summed E-state index contributed by atoms with van der Waals surface area (Å²) in [5, 5.41) is 4.04. The van der Waals surface area contributed by atoms with Crippen molar-refractivity contribution in [3.05, 3.63) is 91.5 Å². The average molecular weight is 658 g/mol. The quantitative estimate of drug-likeness (QED) is 0.115. The van der Waals surface area contributed by atoms with Crippen molar-refractivity contribution in [2.75, 3.05) is 0 Å². The number of benzene rings is 3. The Labute approximate surface area is 250 Å². The van der Waals surface area contributed by atoms with Crippen LogP contribution in [0.25, 0.3) is 38.6 Å². The molecule has 2 aromatic heterocycles. The van der Waals surface area contributed by atoms with Crippen LogP contribution in [0.2, 0.25) is 0 Å². The maximum absolute atomic E-state index is 3.39. The molecule has 31 heavy (non-hydrogen) atoms. The Morgan fingerprint density at radius 2 is 1.68 bits per heavy atom. The number of aryl methyl sites for hydroxylation is 1. The van der Waals surface area contributed by atoms with E-state index >= 15 is 0 Å². The molecule has 0 N–H and O–H groups in total. The Morgan fingerprint density at radius 1 is 0.935 bits per heavy atom. The third kappa shape index (κ3) is 3.65. The summed E-state index contributed by atoms with van der Waals surface area (Å²) in [5.41, 5.74) is 7.43. The summed E-state index contributed by atoms with van der Waals surface area (Å²) in [4.78, 5) is 0. The van der Waals surface area contributed by atoms with Crippen LogP contribution in [-0.2, 0) is 0 Å². The molecular weight excluding hydrogens is 634 g/mol.